The van der Waals surface area contributed by atoms with Crippen molar-refractivity contribution in [2.75, 3.05) is 18.4 Å². The number of aromatic nitrogens is 3. The Morgan fingerprint density at radius 1 is 1.11 bits per heavy atom. The molecule has 2 aromatic carbocycles. The molecule has 1 unspecified atom stereocenters. The third kappa shape index (κ3) is 4.09. The Labute approximate surface area is 162 Å². The zero-order valence-corrected chi connectivity index (χ0v) is 15.4. The largest absolute Gasteiger partial charge is 0.324 e. The van der Waals surface area contributed by atoms with Gasteiger partial charge in [0.05, 0.1) is 0 Å². The maximum Gasteiger partial charge on any atom is 0.246 e. The van der Waals surface area contributed by atoms with Gasteiger partial charge in [-0.15, -0.1) is 0 Å². The molecule has 0 bridgehead atoms. The molecule has 1 atom stereocenters. The molecule has 2 heterocycles. The first-order valence-corrected chi connectivity index (χ1v) is 9.41. The minimum absolute atomic E-state index is 0.115. The van der Waals surface area contributed by atoms with E-state index in [0.717, 1.165) is 37.3 Å². The van der Waals surface area contributed by atoms with Gasteiger partial charge in [-0.05, 0) is 55.8 Å². The molecular formula is C21H22FN5O. The number of nitrogens with one attached hydrogen (secondary N) is 2. The third-order valence-corrected chi connectivity index (χ3v) is 5.19. The number of H-pyrrole nitrogens is 1. The van der Waals surface area contributed by atoms with Crippen molar-refractivity contribution in [1.29, 1.82) is 0 Å². The van der Waals surface area contributed by atoms with E-state index in [4.69, 9.17) is 0 Å². The monoisotopic (exact) mass is 379 g/mol. The first-order chi connectivity index (χ1) is 13.7. The second-order valence-corrected chi connectivity index (χ2v) is 6.99. The number of rotatable bonds is 5. The van der Waals surface area contributed by atoms with Crippen LogP contribution < -0.4 is 5.32 Å². The number of amides is 1. The number of anilines is 1. The van der Waals surface area contributed by atoms with Crippen molar-refractivity contribution in [2.45, 2.75) is 24.8 Å². The molecule has 3 aromatic rings. The van der Waals surface area contributed by atoms with Crippen molar-refractivity contribution in [1.82, 2.24) is 20.1 Å². The van der Waals surface area contributed by atoms with Crippen LogP contribution >= 0.6 is 0 Å². The highest BCUT2D eigenvalue weighted by Crippen LogP contribution is 2.31. The highest BCUT2D eigenvalue weighted by Gasteiger charge is 2.32. The Hall–Kier alpha value is -3.06. The standard InChI is InChI=1S/C21H22FN5O/c22-17-6-8-18(9-7-17)25-21(28)19(15-4-2-1-3-5-15)27-12-10-16(11-13-27)20-23-14-24-26-20/h1-9,14,16,19H,10-13H2,(H,25,28)(H,23,24,26). The van der Waals surface area contributed by atoms with Gasteiger partial charge < -0.3 is 5.32 Å². The summed E-state index contributed by atoms with van der Waals surface area (Å²) in [6, 6.07) is 15.2. The summed E-state index contributed by atoms with van der Waals surface area (Å²) in [7, 11) is 0. The van der Waals surface area contributed by atoms with Crippen LogP contribution in [0.5, 0.6) is 0 Å². The molecule has 2 N–H and O–H groups in total. The zero-order chi connectivity index (χ0) is 19.3. The number of benzene rings is 2. The summed E-state index contributed by atoms with van der Waals surface area (Å²) in [4.78, 5) is 19.6. The predicted octanol–water partition coefficient (Wildman–Crippen LogP) is 3.50. The Morgan fingerprint density at radius 2 is 1.82 bits per heavy atom. The van der Waals surface area contributed by atoms with Crippen LogP contribution in [0.3, 0.4) is 0 Å². The average molecular weight is 379 g/mol. The number of aromatic amines is 1. The average Bonchev–Trinajstić information content (AvgIpc) is 3.26. The van der Waals surface area contributed by atoms with Gasteiger partial charge in [0, 0.05) is 11.6 Å². The second kappa shape index (κ2) is 8.31. The molecule has 6 nitrogen and oxygen atoms in total. The van der Waals surface area contributed by atoms with Crippen LogP contribution in [0.15, 0.2) is 60.9 Å². The van der Waals surface area contributed by atoms with Gasteiger partial charge in [0.25, 0.3) is 0 Å². The molecule has 1 fully saturated rings. The lowest BCUT2D eigenvalue weighted by atomic mass is 9.93. The quantitative estimate of drug-likeness (QED) is 0.712. The summed E-state index contributed by atoms with van der Waals surface area (Å²) < 4.78 is 13.2. The molecule has 1 aromatic heterocycles. The normalized spacial score (nSPS) is 16.6. The van der Waals surface area contributed by atoms with E-state index in [1.165, 1.54) is 18.5 Å². The van der Waals surface area contributed by atoms with Gasteiger partial charge >= 0.3 is 0 Å². The van der Waals surface area contributed by atoms with E-state index in [-0.39, 0.29) is 11.7 Å². The Kier molecular flexibility index (Phi) is 5.43. The molecule has 1 aliphatic heterocycles. The van der Waals surface area contributed by atoms with Crippen molar-refractivity contribution in [2.24, 2.45) is 0 Å². The summed E-state index contributed by atoms with van der Waals surface area (Å²) in [5, 5.41) is 9.82. The van der Waals surface area contributed by atoms with E-state index >= 15 is 0 Å². The van der Waals surface area contributed by atoms with E-state index < -0.39 is 6.04 Å². The SMILES string of the molecule is O=C(Nc1ccc(F)cc1)C(c1ccccc1)N1CCC(c2ncn[nH]2)CC1. The van der Waals surface area contributed by atoms with Crippen LogP contribution in [0.1, 0.15) is 36.2 Å². The van der Waals surface area contributed by atoms with Crippen molar-refractivity contribution in [3.63, 3.8) is 0 Å². The first kappa shape index (κ1) is 18.3. The van der Waals surface area contributed by atoms with E-state index in [9.17, 15) is 9.18 Å². The number of hydrogen-bond donors (Lipinski definition) is 2. The summed E-state index contributed by atoms with van der Waals surface area (Å²) in [5.41, 5.74) is 1.53. The molecule has 28 heavy (non-hydrogen) atoms. The van der Waals surface area contributed by atoms with Crippen molar-refractivity contribution in [3.05, 3.63) is 78.1 Å². The molecule has 0 saturated carbocycles. The molecule has 0 radical (unpaired) electrons. The zero-order valence-electron chi connectivity index (χ0n) is 15.4. The maximum absolute atomic E-state index is 13.2. The summed E-state index contributed by atoms with van der Waals surface area (Å²) in [6.45, 7) is 1.56. The smallest absolute Gasteiger partial charge is 0.246 e. The fourth-order valence-corrected chi connectivity index (χ4v) is 3.75. The number of nitrogens with zero attached hydrogens (tertiary/aromatic N) is 3. The fourth-order valence-electron chi connectivity index (χ4n) is 3.75. The number of likely N-dealkylation sites (tertiary alicyclic amines) is 1. The Morgan fingerprint density at radius 3 is 2.46 bits per heavy atom. The number of carbonyl (C=O) groups excluding carboxylic acids is 1. The van der Waals surface area contributed by atoms with Gasteiger partial charge in [-0.1, -0.05) is 30.3 Å². The van der Waals surface area contributed by atoms with Crippen molar-refractivity contribution >= 4 is 11.6 Å². The highest BCUT2D eigenvalue weighted by molar-refractivity contribution is 5.95. The molecule has 4 rings (SSSR count). The lowest BCUT2D eigenvalue weighted by Gasteiger charge is -2.36. The molecule has 0 spiro atoms. The van der Waals surface area contributed by atoms with E-state index in [1.54, 1.807) is 12.1 Å². The highest BCUT2D eigenvalue weighted by atomic mass is 19.1. The molecule has 144 valence electrons. The van der Waals surface area contributed by atoms with Crippen LogP contribution in [0, 0.1) is 5.82 Å². The molecule has 0 aliphatic carbocycles. The van der Waals surface area contributed by atoms with Gasteiger partial charge in [0.2, 0.25) is 5.91 Å². The topological polar surface area (TPSA) is 73.9 Å². The van der Waals surface area contributed by atoms with Crippen LogP contribution in [0.25, 0.3) is 0 Å². The number of hydrogen-bond acceptors (Lipinski definition) is 4. The second-order valence-electron chi connectivity index (χ2n) is 6.99. The fraction of sp³-hybridized carbons (Fsp3) is 0.286. The first-order valence-electron chi connectivity index (χ1n) is 9.41. The van der Waals surface area contributed by atoms with Gasteiger partial charge in [0.1, 0.15) is 24.0 Å². The molecule has 1 aliphatic rings. The Balaban J connectivity index is 1.51. The Bertz CT molecular complexity index is 890. The van der Waals surface area contributed by atoms with Crippen LogP contribution in [0.2, 0.25) is 0 Å². The van der Waals surface area contributed by atoms with E-state index in [1.807, 2.05) is 30.3 Å². The van der Waals surface area contributed by atoms with Gasteiger partial charge in [-0.3, -0.25) is 14.8 Å². The number of piperidine rings is 1. The lowest BCUT2D eigenvalue weighted by Crippen LogP contribution is -2.41. The number of carbonyl (C=O) groups is 1. The molecule has 1 saturated heterocycles. The summed E-state index contributed by atoms with van der Waals surface area (Å²) in [6.07, 6.45) is 3.34. The minimum atomic E-state index is -0.401. The van der Waals surface area contributed by atoms with Gasteiger partial charge in [-0.25, -0.2) is 9.37 Å². The van der Waals surface area contributed by atoms with Crippen LogP contribution in [-0.4, -0.2) is 39.1 Å². The van der Waals surface area contributed by atoms with Gasteiger partial charge in [-0.2, -0.15) is 5.10 Å². The van der Waals surface area contributed by atoms with E-state index in [2.05, 4.69) is 25.4 Å². The summed E-state index contributed by atoms with van der Waals surface area (Å²) >= 11 is 0. The number of halogens is 1. The molecule has 7 heteroatoms. The van der Waals surface area contributed by atoms with E-state index in [0.29, 0.717) is 11.6 Å². The van der Waals surface area contributed by atoms with Crippen LogP contribution in [0.4, 0.5) is 10.1 Å². The predicted molar refractivity (Wildman–Crippen MR) is 104 cm³/mol. The third-order valence-electron chi connectivity index (χ3n) is 5.19. The lowest BCUT2D eigenvalue weighted by molar-refractivity contribution is -0.122. The van der Waals surface area contributed by atoms with Gasteiger partial charge in [0.15, 0.2) is 0 Å². The summed E-state index contributed by atoms with van der Waals surface area (Å²) in [5.74, 6) is 0.796. The molecule has 1 amide bonds. The minimum Gasteiger partial charge on any atom is -0.324 e. The molecular weight excluding hydrogens is 357 g/mol. The maximum atomic E-state index is 13.2. The van der Waals surface area contributed by atoms with Crippen molar-refractivity contribution in [3.8, 4) is 0 Å². The van der Waals surface area contributed by atoms with Crippen molar-refractivity contribution < 1.29 is 9.18 Å². The van der Waals surface area contributed by atoms with Crippen LogP contribution in [-0.2, 0) is 4.79 Å².